The van der Waals surface area contributed by atoms with Crippen LogP contribution >= 0.6 is 0 Å². The van der Waals surface area contributed by atoms with Crippen molar-refractivity contribution in [1.29, 1.82) is 0 Å². The van der Waals surface area contributed by atoms with E-state index in [9.17, 15) is 0 Å². The molecule has 0 aliphatic rings. The van der Waals surface area contributed by atoms with Crippen LogP contribution in [0.3, 0.4) is 0 Å². The molecule has 1 nitrogen and oxygen atoms in total. The van der Waals surface area contributed by atoms with Gasteiger partial charge in [-0.3, -0.25) is 0 Å². The van der Waals surface area contributed by atoms with Crippen LogP contribution in [0, 0.1) is 0 Å². The van der Waals surface area contributed by atoms with Crippen molar-refractivity contribution in [2.24, 2.45) is 0 Å². The van der Waals surface area contributed by atoms with Gasteiger partial charge in [0.2, 0.25) is 0 Å². The van der Waals surface area contributed by atoms with E-state index in [1.807, 2.05) is 0 Å². The first-order chi connectivity index (χ1) is 8.27. The summed E-state index contributed by atoms with van der Waals surface area (Å²) in [7, 11) is 0. The van der Waals surface area contributed by atoms with Crippen LogP contribution in [0.25, 0.3) is 0 Å². The Bertz CT molecular complexity index is 400. The molecule has 2 heteroatoms. The lowest BCUT2D eigenvalue weighted by Gasteiger charge is -2.18. The molecule has 1 unspecified atom stereocenters. The molecule has 2 aromatic carbocycles. The molecule has 0 saturated heterocycles. The van der Waals surface area contributed by atoms with Crippen LogP contribution < -0.4 is 22.7 Å². The number of hydrogen-bond donors (Lipinski definition) is 1. The van der Waals surface area contributed by atoms with Gasteiger partial charge in [-0.1, -0.05) is 60.7 Å². The largest absolute Gasteiger partial charge is 1.00 e. The third kappa shape index (κ3) is 3.97. The molecule has 3 N–H and O–H groups in total. The van der Waals surface area contributed by atoms with E-state index in [1.54, 1.807) is 0 Å². The Morgan fingerprint density at radius 1 is 0.833 bits per heavy atom. The van der Waals surface area contributed by atoms with Gasteiger partial charge >= 0.3 is 0 Å². The highest BCUT2D eigenvalue weighted by Crippen LogP contribution is 2.28. The van der Waals surface area contributed by atoms with Crippen molar-refractivity contribution in [3.63, 3.8) is 0 Å². The van der Waals surface area contributed by atoms with Crippen molar-refractivity contribution >= 4 is 0 Å². The summed E-state index contributed by atoms with van der Waals surface area (Å²) in [4.78, 5) is 0. The first-order valence-electron chi connectivity index (χ1n) is 6.20. The highest BCUT2D eigenvalue weighted by atomic mass is 79.9. The molecule has 0 heterocycles. The van der Waals surface area contributed by atoms with Gasteiger partial charge in [0.15, 0.2) is 0 Å². The average Bonchev–Trinajstić information content (AvgIpc) is 2.38. The summed E-state index contributed by atoms with van der Waals surface area (Å²) in [5.41, 5.74) is 6.90. The lowest BCUT2D eigenvalue weighted by Crippen LogP contribution is -3.00. The highest BCUT2D eigenvalue weighted by Gasteiger charge is 2.16. The van der Waals surface area contributed by atoms with Gasteiger partial charge in [-0.05, 0) is 18.1 Å². The summed E-state index contributed by atoms with van der Waals surface area (Å²) in [6.07, 6.45) is 1.09. The van der Waals surface area contributed by atoms with Crippen LogP contribution in [0.5, 0.6) is 0 Å². The Balaban J connectivity index is 0.00000162. The Hall–Kier alpha value is -1.12. The molecule has 0 radical (unpaired) electrons. The van der Waals surface area contributed by atoms with Crippen molar-refractivity contribution < 1.29 is 22.7 Å². The minimum Gasteiger partial charge on any atom is -1.00 e. The third-order valence-electron chi connectivity index (χ3n) is 3.04. The maximum absolute atomic E-state index is 4.13. The fraction of sp³-hybridized carbons (Fsp3) is 0.250. The standard InChI is InChI=1S/C16H19N.BrH/c1-13(17)12-16(14-8-4-2-5-9-14)15-10-6-3-7-11-15;/h2-11,13,16H,12,17H2,1H3;1H. The minimum absolute atomic E-state index is 0. The summed E-state index contributed by atoms with van der Waals surface area (Å²) in [5, 5.41) is 0. The zero-order valence-corrected chi connectivity index (χ0v) is 12.3. The van der Waals surface area contributed by atoms with Crippen molar-refractivity contribution in [3.8, 4) is 0 Å². The monoisotopic (exact) mass is 305 g/mol. The number of rotatable bonds is 4. The second-order valence-corrected chi connectivity index (χ2v) is 4.71. The Kier molecular flexibility index (Phi) is 6.10. The molecule has 0 aliphatic carbocycles. The van der Waals surface area contributed by atoms with E-state index in [4.69, 9.17) is 0 Å². The van der Waals surface area contributed by atoms with Gasteiger partial charge in [0.25, 0.3) is 0 Å². The van der Waals surface area contributed by atoms with E-state index >= 15 is 0 Å². The smallest absolute Gasteiger partial charge is 0.0824 e. The Morgan fingerprint density at radius 2 is 1.22 bits per heavy atom. The summed E-state index contributed by atoms with van der Waals surface area (Å²) in [6, 6.07) is 21.9. The fourth-order valence-corrected chi connectivity index (χ4v) is 2.24. The summed E-state index contributed by atoms with van der Waals surface area (Å²) < 4.78 is 0. The molecule has 1 atom stereocenters. The van der Waals surface area contributed by atoms with Gasteiger partial charge in [-0.25, -0.2) is 0 Å². The number of benzene rings is 2. The van der Waals surface area contributed by atoms with E-state index in [-0.39, 0.29) is 17.0 Å². The molecule has 96 valence electrons. The maximum Gasteiger partial charge on any atom is 0.0824 e. The lowest BCUT2D eigenvalue weighted by molar-refractivity contribution is -0.415. The Morgan fingerprint density at radius 3 is 1.56 bits per heavy atom. The molecule has 2 aromatic rings. The fourth-order valence-electron chi connectivity index (χ4n) is 2.24. The van der Waals surface area contributed by atoms with E-state index in [1.165, 1.54) is 11.1 Å². The van der Waals surface area contributed by atoms with E-state index in [0.717, 1.165) is 6.42 Å². The van der Waals surface area contributed by atoms with Crippen LogP contribution in [0.4, 0.5) is 0 Å². The van der Waals surface area contributed by atoms with E-state index in [2.05, 4.69) is 73.3 Å². The molecule has 0 aliphatic heterocycles. The van der Waals surface area contributed by atoms with Crippen molar-refractivity contribution in [2.75, 3.05) is 0 Å². The number of quaternary nitrogens is 1. The van der Waals surface area contributed by atoms with Crippen molar-refractivity contribution in [3.05, 3.63) is 71.8 Å². The number of hydrogen-bond acceptors (Lipinski definition) is 0. The molecular weight excluding hydrogens is 286 g/mol. The predicted octanol–water partition coefficient (Wildman–Crippen LogP) is -0.157. The zero-order chi connectivity index (χ0) is 12.1. The van der Waals surface area contributed by atoms with Crippen LogP contribution in [0.15, 0.2) is 60.7 Å². The van der Waals surface area contributed by atoms with Crippen molar-refractivity contribution in [2.45, 2.75) is 25.3 Å². The van der Waals surface area contributed by atoms with Gasteiger partial charge in [0, 0.05) is 12.3 Å². The van der Waals surface area contributed by atoms with Crippen LogP contribution in [-0.4, -0.2) is 6.04 Å². The number of halogens is 1. The quantitative estimate of drug-likeness (QED) is 0.813. The average molecular weight is 306 g/mol. The third-order valence-corrected chi connectivity index (χ3v) is 3.04. The highest BCUT2D eigenvalue weighted by molar-refractivity contribution is 5.32. The predicted molar refractivity (Wildman–Crippen MR) is 71.7 cm³/mol. The van der Waals surface area contributed by atoms with Crippen molar-refractivity contribution in [1.82, 2.24) is 0 Å². The molecule has 0 fully saturated rings. The second-order valence-electron chi connectivity index (χ2n) is 4.71. The van der Waals surface area contributed by atoms with Crippen LogP contribution in [-0.2, 0) is 0 Å². The second kappa shape index (κ2) is 7.34. The van der Waals surface area contributed by atoms with Gasteiger partial charge < -0.3 is 22.7 Å². The molecule has 0 bridgehead atoms. The van der Waals surface area contributed by atoms with E-state index in [0.29, 0.717) is 12.0 Å². The molecule has 0 saturated carbocycles. The molecule has 18 heavy (non-hydrogen) atoms. The lowest BCUT2D eigenvalue weighted by atomic mass is 9.86. The van der Waals surface area contributed by atoms with Gasteiger partial charge in [0.05, 0.1) is 6.04 Å². The zero-order valence-electron chi connectivity index (χ0n) is 10.7. The van der Waals surface area contributed by atoms with Gasteiger partial charge in [0.1, 0.15) is 0 Å². The summed E-state index contributed by atoms with van der Waals surface area (Å²) in [6.45, 7) is 2.18. The molecule has 0 aromatic heterocycles. The summed E-state index contributed by atoms with van der Waals surface area (Å²) in [5.74, 6) is 0.463. The topological polar surface area (TPSA) is 27.6 Å². The van der Waals surface area contributed by atoms with Crippen LogP contribution in [0.1, 0.15) is 30.4 Å². The molecule has 0 spiro atoms. The first-order valence-corrected chi connectivity index (χ1v) is 6.20. The molecule has 2 rings (SSSR count). The van der Waals surface area contributed by atoms with Gasteiger partial charge in [-0.15, -0.1) is 0 Å². The van der Waals surface area contributed by atoms with E-state index < -0.39 is 0 Å². The van der Waals surface area contributed by atoms with Crippen LogP contribution in [0.2, 0.25) is 0 Å². The molecule has 0 amide bonds. The maximum atomic E-state index is 4.13. The summed E-state index contributed by atoms with van der Waals surface area (Å²) >= 11 is 0. The first kappa shape index (κ1) is 14.9. The van der Waals surface area contributed by atoms with Gasteiger partial charge in [-0.2, -0.15) is 0 Å². The normalized spacial score (nSPS) is 11.9. The minimum atomic E-state index is 0. The molecular formula is C16H20BrN. The SMILES string of the molecule is CC([NH3+])CC(c1ccccc1)c1ccccc1.[Br-]. The Labute approximate surface area is 120 Å².